The van der Waals surface area contributed by atoms with Gasteiger partial charge in [0.15, 0.2) is 5.96 Å². The van der Waals surface area contributed by atoms with Gasteiger partial charge in [0.2, 0.25) is 5.88 Å². The minimum Gasteiger partial charge on any atom is -0.475 e. The summed E-state index contributed by atoms with van der Waals surface area (Å²) >= 11 is 0. The third-order valence-electron chi connectivity index (χ3n) is 3.02. The zero-order valence-electron chi connectivity index (χ0n) is 11.8. The molecule has 22 heavy (non-hydrogen) atoms. The Balaban J connectivity index is 1.86. The first-order chi connectivity index (χ1) is 10.5. The molecule has 122 valence electrons. The number of hydrogen-bond acceptors (Lipinski definition) is 4. The molecule has 1 aromatic heterocycles. The van der Waals surface area contributed by atoms with Crippen LogP contribution in [0.1, 0.15) is 5.56 Å². The van der Waals surface area contributed by atoms with E-state index in [1.54, 1.807) is 0 Å². The number of aromatic nitrogens is 1. The number of hydrogen-bond donors (Lipinski definition) is 1. The van der Waals surface area contributed by atoms with Crippen molar-refractivity contribution in [2.75, 3.05) is 39.5 Å². The van der Waals surface area contributed by atoms with Crippen LogP contribution in [-0.2, 0) is 10.9 Å². The first kappa shape index (κ1) is 16.3. The van der Waals surface area contributed by atoms with E-state index in [4.69, 9.17) is 15.2 Å². The summed E-state index contributed by atoms with van der Waals surface area (Å²) < 4.78 is 48.5. The molecule has 0 amide bonds. The van der Waals surface area contributed by atoms with Gasteiger partial charge in [0, 0.05) is 19.3 Å². The van der Waals surface area contributed by atoms with Crippen LogP contribution in [0.5, 0.6) is 5.88 Å². The molecule has 0 radical (unpaired) electrons. The number of halogens is 3. The molecule has 0 unspecified atom stereocenters. The molecule has 2 N–H and O–H groups in total. The average molecular weight is 318 g/mol. The van der Waals surface area contributed by atoms with Gasteiger partial charge in [0.25, 0.3) is 0 Å². The Hall–Kier alpha value is -2.03. The van der Waals surface area contributed by atoms with Gasteiger partial charge in [-0.3, -0.25) is 0 Å². The fourth-order valence-corrected chi connectivity index (χ4v) is 1.92. The second kappa shape index (κ2) is 7.30. The Bertz CT molecular complexity index is 516. The molecule has 0 bridgehead atoms. The maximum Gasteiger partial charge on any atom is 0.421 e. The van der Waals surface area contributed by atoms with Crippen LogP contribution in [0.2, 0.25) is 0 Å². The fraction of sp³-hybridized carbons (Fsp3) is 0.538. The van der Waals surface area contributed by atoms with E-state index in [-0.39, 0.29) is 13.2 Å². The quantitative estimate of drug-likeness (QED) is 0.512. The van der Waals surface area contributed by atoms with Gasteiger partial charge in [-0.05, 0) is 12.1 Å². The minimum absolute atomic E-state index is 0.0366. The monoisotopic (exact) mass is 318 g/mol. The number of rotatable bonds is 4. The standard InChI is InChI=1S/C13H17F3N4O2/c14-13(15,16)10-2-1-3-18-11(10)22-7-4-19-12(17)20-5-8-21-9-6-20/h1-3H,4-9H2,(H2,17,19). The van der Waals surface area contributed by atoms with Gasteiger partial charge in [-0.2, -0.15) is 13.2 Å². The molecule has 1 aliphatic heterocycles. The molecule has 1 aromatic rings. The second-order valence-electron chi connectivity index (χ2n) is 4.54. The predicted molar refractivity (Wildman–Crippen MR) is 73.6 cm³/mol. The van der Waals surface area contributed by atoms with Crippen LogP contribution in [-0.4, -0.2) is 55.3 Å². The Labute approximate surface area is 125 Å². The summed E-state index contributed by atoms with van der Waals surface area (Å²) in [5.74, 6) is -0.112. The lowest BCUT2D eigenvalue weighted by Gasteiger charge is -2.27. The highest BCUT2D eigenvalue weighted by Crippen LogP contribution is 2.34. The third-order valence-corrected chi connectivity index (χ3v) is 3.02. The SMILES string of the molecule is NC(=NCCOc1ncccc1C(F)(F)F)N1CCOCC1. The van der Waals surface area contributed by atoms with Crippen molar-refractivity contribution in [1.82, 2.24) is 9.88 Å². The third kappa shape index (κ3) is 4.48. The van der Waals surface area contributed by atoms with Crippen molar-refractivity contribution in [3.05, 3.63) is 23.9 Å². The Morgan fingerprint density at radius 3 is 2.82 bits per heavy atom. The van der Waals surface area contributed by atoms with E-state index < -0.39 is 17.6 Å². The molecule has 2 heterocycles. The van der Waals surface area contributed by atoms with Crippen LogP contribution < -0.4 is 10.5 Å². The molecule has 0 aromatic carbocycles. The summed E-state index contributed by atoms with van der Waals surface area (Å²) in [6.07, 6.45) is -3.25. The highest BCUT2D eigenvalue weighted by molar-refractivity contribution is 5.78. The number of pyridine rings is 1. The summed E-state index contributed by atoms with van der Waals surface area (Å²) in [7, 11) is 0. The summed E-state index contributed by atoms with van der Waals surface area (Å²) in [5.41, 5.74) is 4.89. The first-order valence-corrected chi connectivity index (χ1v) is 6.76. The van der Waals surface area contributed by atoms with Crippen LogP contribution in [0.15, 0.2) is 23.3 Å². The van der Waals surface area contributed by atoms with E-state index >= 15 is 0 Å². The second-order valence-corrected chi connectivity index (χ2v) is 4.54. The number of guanidine groups is 1. The van der Waals surface area contributed by atoms with Crippen LogP contribution in [0.25, 0.3) is 0 Å². The summed E-state index contributed by atoms with van der Waals surface area (Å²) in [6.45, 7) is 2.57. The van der Waals surface area contributed by atoms with Gasteiger partial charge in [0.1, 0.15) is 12.2 Å². The lowest BCUT2D eigenvalue weighted by molar-refractivity contribution is -0.139. The average Bonchev–Trinajstić information content (AvgIpc) is 2.51. The van der Waals surface area contributed by atoms with Crippen molar-refractivity contribution in [1.29, 1.82) is 0 Å². The van der Waals surface area contributed by atoms with Crippen molar-refractivity contribution in [2.45, 2.75) is 6.18 Å². The molecule has 0 spiro atoms. The van der Waals surface area contributed by atoms with Crippen molar-refractivity contribution >= 4 is 5.96 Å². The molecule has 6 nitrogen and oxygen atoms in total. The Morgan fingerprint density at radius 2 is 2.14 bits per heavy atom. The van der Waals surface area contributed by atoms with Crippen LogP contribution in [0.3, 0.4) is 0 Å². The van der Waals surface area contributed by atoms with Crippen molar-refractivity contribution < 1.29 is 22.6 Å². The van der Waals surface area contributed by atoms with Gasteiger partial charge in [-0.1, -0.05) is 0 Å². The lowest BCUT2D eigenvalue weighted by Crippen LogP contribution is -2.45. The fourth-order valence-electron chi connectivity index (χ4n) is 1.92. The van der Waals surface area contributed by atoms with E-state index in [2.05, 4.69) is 9.98 Å². The summed E-state index contributed by atoms with van der Waals surface area (Å²) in [5, 5.41) is 0. The first-order valence-electron chi connectivity index (χ1n) is 6.76. The van der Waals surface area contributed by atoms with E-state index in [0.717, 1.165) is 6.07 Å². The zero-order valence-corrected chi connectivity index (χ0v) is 11.8. The summed E-state index contributed by atoms with van der Waals surface area (Å²) in [6, 6.07) is 2.14. The van der Waals surface area contributed by atoms with Crippen molar-refractivity contribution in [2.24, 2.45) is 10.7 Å². The van der Waals surface area contributed by atoms with E-state index in [9.17, 15) is 13.2 Å². The van der Waals surface area contributed by atoms with Gasteiger partial charge < -0.3 is 20.1 Å². The van der Waals surface area contributed by atoms with Gasteiger partial charge in [-0.15, -0.1) is 0 Å². The molecule has 2 rings (SSSR count). The summed E-state index contributed by atoms with van der Waals surface area (Å²) in [4.78, 5) is 9.54. The van der Waals surface area contributed by atoms with Gasteiger partial charge in [-0.25, -0.2) is 9.98 Å². The van der Waals surface area contributed by atoms with Crippen LogP contribution >= 0.6 is 0 Å². The zero-order chi connectivity index (χ0) is 16.0. The van der Waals surface area contributed by atoms with E-state index in [1.165, 1.54) is 12.3 Å². The maximum atomic E-state index is 12.7. The Kier molecular flexibility index (Phi) is 5.42. The minimum atomic E-state index is -4.50. The topological polar surface area (TPSA) is 73.0 Å². The predicted octanol–water partition coefficient (Wildman–Crippen LogP) is 1.13. The molecule has 9 heteroatoms. The highest BCUT2D eigenvalue weighted by Gasteiger charge is 2.34. The van der Waals surface area contributed by atoms with Crippen LogP contribution in [0, 0.1) is 0 Å². The van der Waals surface area contributed by atoms with Crippen molar-refractivity contribution in [3.63, 3.8) is 0 Å². The van der Waals surface area contributed by atoms with Crippen LogP contribution in [0.4, 0.5) is 13.2 Å². The molecular weight excluding hydrogens is 301 g/mol. The molecular formula is C13H17F3N4O2. The van der Waals surface area contributed by atoms with Gasteiger partial charge >= 0.3 is 6.18 Å². The number of nitrogens with two attached hydrogens (primary N) is 1. The maximum absolute atomic E-state index is 12.7. The number of nitrogens with zero attached hydrogens (tertiary/aromatic N) is 3. The molecule has 0 atom stereocenters. The van der Waals surface area contributed by atoms with Crippen molar-refractivity contribution in [3.8, 4) is 5.88 Å². The normalized spacial score (nSPS) is 16.7. The lowest BCUT2D eigenvalue weighted by atomic mass is 10.2. The largest absolute Gasteiger partial charge is 0.475 e. The molecule has 0 saturated carbocycles. The molecule has 1 saturated heterocycles. The number of aliphatic imine (C=N–C) groups is 1. The van der Waals surface area contributed by atoms with Gasteiger partial charge in [0.05, 0.1) is 19.8 Å². The smallest absolute Gasteiger partial charge is 0.421 e. The molecule has 1 fully saturated rings. The van der Waals surface area contributed by atoms with E-state index in [1.807, 2.05) is 4.90 Å². The number of morpholine rings is 1. The number of alkyl halides is 3. The Morgan fingerprint density at radius 1 is 1.41 bits per heavy atom. The molecule has 0 aliphatic carbocycles. The van der Waals surface area contributed by atoms with E-state index in [0.29, 0.717) is 32.3 Å². The highest BCUT2D eigenvalue weighted by atomic mass is 19.4. The molecule has 1 aliphatic rings. The number of ether oxygens (including phenoxy) is 2.